The highest BCUT2D eigenvalue weighted by Gasteiger charge is 2.68. The van der Waals surface area contributed by atoms with E-state index < -0.39 is 179 Å². The molecule has 2 aliphatic rings. The molecule has 2 aliphatic carbocycles. The fourth-order valence-electron chi connectivity index (χ4n) is 8.85. The highest BCUT2D eigenvalue weighted by molar-refractivity contribution is 7.93. The number of amides is 3. The van der Waals surface area contributed by atoms with Crippen LogP contribution in [-0.4, -0.2) is 117 Å². The van der Waals surface area contributed by atoms with Crippen LogP contribution in [0.25, 0.3) is 22.0 Å². The molecule has 0 spiro atoms. The van der Waals surface area contributed by atoms with Crippen molar-refractivity contribution in [3.8, 4) is 11.1 Å². The molecule has 31 heteroatoms. The summed E-state index contributed by atoms with van der Waals surface area (Å²) in [6, 6.07) is 2.66. The Morgan fingerprint density at radius 2 is 1.49 bits per heavy atom. The van der Waals surface area contributed by atoms with E-state index in [0.717, 1.165) is 36.6 Å². The lowest BCUT2D eigenvalue weighted by Gasteiger charge is -2.26. The number of aryl methyl sites for hydroxylation is 1. The summed E-state index contributed by atoms with van der Waals surface area (Å²) in [6.07, 6.45) is -10.6. The molecule has 75 heavy (non-hydrogen) atoms. The van der Waals surface area contributed by atoms with Crippen molar-refractivity contribution in [3.63, 3.8) is 0 Å². The van der Waals surface area contributed by atoms with Crippen LogP contribution < -0.4 is 9.62 Å². The predicted octanol–water partition coefficient (Wildman–Crippen LogP) is 7.23. The van der Waals surface area contributed by atoms with Crippen LogP contribution >= 0.6 is 11.6 Å². The van der Waals surface area contributed by atoms with Crippen LogP contribution in [-0.2, 0) is 72.3 Å². The molecule has 406 valence electrons. The SMILES string of the molecule is CC(C)(CCc1ccc(-c2ccc(Cl)c3c(N(C(=O)N(CC(=O)O)CC(=O)O)S(C)(=O)=O)nn(CC(F)(F)F)c23)c([C@H](Cc2cc(F)cc(F)c2)NC(=O)Cn2nc(C(F)(F)F)c3c2C(F)(F)C2C[C@H]32)n1)S(C)(=O)=O. The minimum Gasteiger partial charge on any atom is -0.480 e. The second kappa shape index (κ2) is 19.5. The number of sulfone groups is 1. The van der Waals surface area contributed by atoms with E-state index in [9.17, 15) is 81.4 Å². The smallest absolute Gasteiger partial charge is 0.435 e. The number of halogens is 11. The standard InChI is InChI=1S/C44H41ClF10N8O10S2/c1-41(2,74(3,70)71)10-9-23-5-6-24(25-7-8-28(45)34-36(25)62(19-42(48,49)50)59-39(34)63(75(4,72)73)40(69)60(17-31(65)66)18-32(67)68)35(56-23)29(13-20-11-21(46)14-22(47)12-20)57-30(64)16-61-38-33(37(58-61)44(53,54)55)26-15-27(26)43(38,51)52/h5-8,11-12,14,26-27,29H,9-10,13,15-19H2,1-4H3,(H,57,64)(H,65,66)(H,67,68)/t26-,27?,29-/m0/s1. The Labute approximate surface area is 423 Å². The number of carbonyl (C=O) groups is 4. The number of pyridine rings is 1. The highest BCUT2D eigenvalue weighted by atomic mass is 35.5. The molecular formula is C44H41ClF10N8O10S2. The number of aliphatic carboxylic acids is 2. The number of aromatic nitrogens is 5. The Hall–Kier alpha value is -6.56. The van der Waals surface area contributed by atoms with Crippen molar-refractivity contribution in [2.24, 2.45) is 5.92 Å². The van der Waals surface area contributed by atoms with Gasteiger partial charge < -0.3 is 20.4 Å². The van der Waals surface area contributed by atoms with Gasteiger partial charge in [0.2, 0.25) is 15.9 Å². The summed E-state index contributed by atoms with van der Waals surface area (Å²) >= 11 is 6.59. The number of nitrogens with one attached hydrogen (secondary N) is 1. The molecule has 1 saturated carbocycles. The Bertz CT molecular complexity index is 3370. The average molecular weight is 1130 g/mol. The van der Waals surface area contributed by atoms with Gasteiger partial charge in [-0.3, -0.25) is 28.7 Å². The van der Waals surface area contributed by atoms with E-state index in [1.54, 1.807) is 0 Å². The Morgan fingerprint density at radius 3 is 2.04 bits per heavy atom. The third-order valence-electron chi connectivity index (χ3n) is 12.6. The molecule has 3 N–H and O–H groups in total. The summed E-state index contributed by atoms with van der Waals surface area (Å²) in [4.78, 5) is 56.2. The number of benzene rings is 2. The number of sulfonamides is 1. The van der Waals surface area contributed by atoms with Crippen LogP contribution in [0.1, 0.15) is 72.6 Å². The number of anilines is 1. The topological polar surface area (TPSA) is 244 Å². The fraction of sp³-hybridized carbons (Fsp3) is 0.432. The third kappa shape index (κ3) is 11.7. The van der Waals surface area contributed by atoms with Gasteiger partial charge in [-0.2, -0.15) is 49.6 Å². The fourth-order valence-corrected chi connectivity index (χ4v) is 10.4. The first-order chi connectivity index (χ1) is 34.4. The maximum Gasteiger partial charge on any atom is 0.435 e. The number of carbonyl (C=O) groups excluding carboxylic acids is 2. The molecule has 18 nitrogen and oxygen atoms in total. The first-order valence-electron chi connectivity index (χ1n) is 21.9. The zero-order valence-electron chi connectivity index (χ0n) is 39.2. The number of carboxylic acids is 2. The van der Waals surface area contributed by atoms with Gasteiger partial charge in [0.25, 0.3) is 5.92 Å². The van der Waals surface area contributed by atoms with Gasteiger partial charge in [-0.1, -0.05) is 23.7 Å². The van der Waals surface area contributed by atoms with Crippen LogP contribution in [0.3, 0.4) is 0 Å². The monoisotopic (exact) mass is 1130 g/mol. The molecular weight excluding hydrogens is 1090 g/mol. The van der Waals surface area contributed by atoms with Crippen LogP contribution in [0.2, 0.25) is 5.02 Å². The second-order valence-corrected chi connectivity index (χ2v) is 23.5. The lowest BCUT2D eigenvalue weighted by atomic mass is 9.93. The molecule has 0 bridgehead atoms. The molecule has 1 fully saturated rings. The quantitative estimate of drug-likeness (QED) is 0.0735. The zero-order chi connectivity index (χ0) is 55.9. The van der Waals surface area contributed by atoms with Gasteiger partial charge in [0.15, 0.2) is 21.3 Å². The van der Waals surface area contributed by atoms with Crippen molar-refractivity contribution in [2.75, 3.05) is 29.9 Å². The van der Waals surface area contributed by atoms with Gasteiger partial charge in [0.05, 0.1) is 38.7 Å². The molecule has 1 unspecified atom stereocenters. The number of hydrogen-bond acceptors (Lipinski definition) is 11. The molecule has 7 rings (SSSR count). The molecule has 0 radical (unpaired) electrons. The van der Waals surface area contributed by atoms with Gasteiger partial charge in [-0.05, 0) is 75.3 Å². The van der Waals surface area contributed by atoms with Crippen molar-refractivity contribution in [1.29, 1.82) is 0 Å². The molecule has 2 aromatic carbocycles. The van der Waals surface area contributed by atoms with Crippen molar-refractivity contribution < 1.29 is 90.1 Å². The Balaban J connectivity index is 1.48. The summed E-state index contributed by atoms with van der Waals surface area (Å²) in [5, 5.41) is 27.1. The second-order valence-electron chi connectivity index (χ2n) is 18.6. The first-order valence-corrected chi connectivity index (χ1v) is 26.0. The lowest BCUT2D eigenvalue weighted by Crippen LogP contribution is -2.49. The molecule has 3 aromatic heterocycles. The van der Waals surface area contributed by atoms with Gasteiger partial charge >= 0.3 is 30.3 Å². The van der Waals surface area contributed by atoms with Crippen molar-refractivity contribution in [2.45, 2.75) is 87.6 Å². The van der Waals surface area contributed by atoms with E-state index in [2.05, 4.69) is 20.5 Å². The van der Waals surface area contributed by atoms with Gasteiger partial charge in [-0.15, -0.1) is 0 Å². The summed E-state index contributed by atoms with van der Waals surface area (Å²) in [7, 11) is -8.93. The molecule has 5 aromatic rings. The lowest BCUT2D eigenvalue weighted by molar-refractivity contribution is -0.143. The van der Waals surface area contributed by atoms with Crippen LogP contribution in [0, 0.1) is 17.6 Å². The first kappa shape index (κ1) is 56.2. The van der Waals surface area contributed by atoms with Crippen LogP contribution in [0.15, 0.2) is 42.5 Å². The van der Waals surface area contributed by atoms with Gasteiger partial charge in [0, 0.05) is 40.6 Å². The minimum atomic E-state index is -5.25. The number of nitrogens with zero attached hydrogens (tertiary/aromatic N) is 7. The van der Waals surface area contributed by atoms with Gasteiger partial charge in [0.1, 0.15) is 43.5 Å². The number of urea groups is 1. The average Bonchev–Trinajstić information content (AvgIpc) is 3.76. The number of alkyl halides is 8. The van der Waals surface area contributed by atoms with E-state index in [1.165, 1.54) is 19.9 Å². The Kier molecular flexibility index (Phi) is 14.6. The normalized spacial score (nSPS) is 16.8. The van der Waals surface area contributed by atoms with Crippen molar-refractivity contribution >= 4 is 72.1 Å². The third-order valence-corrected chi connectivity index (χ3v) is 16.1. The minimum absolute atomic E-state index is 0.00227. The van der Waals surface area contributed by atoms with E-state index in [-0.39, 0.29) is 54.7 Å². The van der Waals surface area contributed by atoms with Crippen LogP contribution in [0.4, 0.5) is 54.5 Å². The van der Waals surface area contributed by atoms with Crippen molar-refractivity contribution in [3.05, 3.63) is 93.0 Å². The summed E-state index contributed by atoms with van der Waals surface area (Å²) in [5.41, 5.74) is -6.01. The number of hydrogen-bond donors (Lipinski definition) is 3. The zero-order valence-corrected chi connectivity index (χ0v) is 41.6. The highest BCUT2D eigenvalue weighted by Crippen LogP contribution is 2.68. The van der Waals surface area contributed by atoms with Crippen molar-refractivity contribution in [1.82, 2.24) is 34.8 Å². The van der Waals surface area contributed by atoms with Gasteiger partial charge in [-0.25, -0.2) is 30.4 Å². The molecule has 0 saturated heterocycles. The molecule has 0 aliphatic heterocycles. The van der Waals surface area contributed by atoms with Crippen LogP contribution in [0.5, 0.6) is 0 Å². The maximum absolute atomic E-state index is 15.6. The number of carboxylic acid groups (broad SMARTS) is 2. The molecule has 3 amide bonds. The molecule has 3 atom stereocenters. The number of rotatable bonds is 18. The maximum atomic E-state index is 15.6. The van der Waals surface area contributed by atoms with E-state index in [0.29, 0.717) is 12.3 Å². The summed E-state index contributed by atoms with van der Waals surface area (Å²) < 4.78 is 198. The van der Waals surface area contributed by atoms with E-state index in [1.807, 2.05) is 0 Å². The summed E-state index contributed by atoms with van der Waals surface area (Å²) in [5.74, 6) is -15.3. The largest absolute Gasteiger partial charge is 0.480 e. The van der Waals surface area contributed by atoms with E-state index >= 15 is 8.78 Å². The summed E-state index contributed by atoms with van der Waals surface area (Å²) in [6.45, 7) is -3.63. The molecule has 3 heterocycles. The predicted molar refractivity (Wildman–Crippen MR) is 244 cm³/mol. The Morgan fingerprint density at radius 1 is 0.893 bits per heavy atom. The van der Waals surface area contributed by atoms with E-state index in [4.69, 9.17) is 11.6 Å². The number of fused-ring (bicyclic) bond motifs is 4.